The van der Waals surface area contributed by atoms with Crippen LogP contribution in [0.4, 0.5) is 5.69 Å². The van der Waals surface area contributed by atoms with Gasteiger partial charge in [-0.15, -0.1) is 0 Å². The third-order valence-corrected chi connectivity index (χ3v) is 3.89. The molecule has 1 aromatic rings. The van der Waals surface area contributed by atoms with Gasteiger partial charge in [0.1, 0.15) is 0 Å². The summed E-state index contributed by atoms with van der Waals surface area (Å²) in [6.45, 7) is 5.72. The molecule has 0 bridgehead atoms. The number of para-hydroxylation sites is 1. The Morgan fingerprint density at radius 2 is 2.00 bits per heavy atom. The molecule has 0 aromatic heterocycles. The number of hydrazine groups is 1. The quantitative estimate of drug-likeness (QED) is 0.835. The topological polar surface area (TPSA) is 15.3 Å². The Labute approximate surface area is 98.6 Å². The highest BCUT2D eigenvalue weighted by atomic mass is 15.5. The van der Waals surface area contributed by atoms with Crippen molar-refractivity contribution >= 4 is 5.69 Å². The minimum atomic E-state index is 0.693. The van der Waals surface area contributed by atoms with E-state index in [9.17, 15) is 0 Å². The van der Waals surface area contributed by atoms with Crippen LogP contribution in [0.5, 0.6) is 0 Å². The van der Waals surface area contributed by atoms with Crippen molar-refractivity contribution < 1.29 is 0 Å². The highest BCUT2D eigenvalue weighted by molar-refractivity contribution is 5.59. The first-order chi connectivity index (χ1) is 7.81. The molecule has 0 fully saturated rings. The average Bonchev–Trinajstić information content (AvgIpc) is 2.70. The molecule has 1 N–H and O–H groups in total. The molecular weight excluding hydrogens is 196 g/mol. The SMILES string of the molecule is CCC(CC)C1CN(NC)c2ccccc21. The first-order valence-corrected chi connectivity index (χ1v) is 6.35. The second kappa shape index (κ2) is 4.88. The summed E-state index contributed by atoms with van der Waals surface area (Å²) in [5.41, 5.74) is 6.17. The van der Waals surface area contributed by atoms with Gasteiger partial charge in [0.15, 0.2) is 0 Å². The highest BCUT2D eigenvalue weighted by Crippen LogP contribution is 2.41. The molecular formula is C14H22N2. The van der Waals surface area contributed by atoms with Gasteiger partial charge in [0, 0.05) is 19.5 Å². The zero-order chi connectivity index (χ0) is 11.5. The number of fused-ring (bicyclic) bond motifs is 1. The van der Waals surface area contributed by atoms with Crippen molar-refractivity contribution in [3.63, 3.8) is 0 Å². The van der Waals surface area contributed by atoms with Gasteiger partial charge in [-0.1, -0.05) is 44.9 Å². The molecule has 88 valence electrons. The van der Waals surface area contributed by atoms with Crippen molar-refractivity contribution in [1.29, 1.82) is 0 Å². The summed E-state index contributed by atoms with van der Waals surface area (Å²) in [5.74, 6) is 1.50. The summed E-state index contributed by atoms with van der Waals surface area (Å²) in [6, 6.07) is 8.79. The van der Waals surface area contributed by atoms with E-state index in [2.05, 4.69) is 48.5 Å². The maximum Gasteiger partial charge on any atom is 0.0555 e. The molecule has 1 aliphatic heterocycles. The van der Waals surface area contributed by atoms with E-state index in [1.807, 2.05) is 7.05 Å². The Hall–Kier alpha value is -1.02. The number of nitrogens with zero attached hydrogens (tertiary/aromatic N) is 1. The lowest BCUT2D eigenvalue weighted by molar-refractivity contribution is 0.405. The Morgan fingerprint density at radius 1 is 1.31 bits per heavy atom. The van der Waals surface area contributed by atoms with Gasteiger partial charge in [0.2, 0.25) is 0 Å². The lowest BCUT2D eigenvalue weighted by Gasteiger charge is -2.22. The normalized spacial score (nSPS) is 19.2. The van der Waals surface area contributed by atoms with Crippen LogP contribution in [0.3, 0.4) is 0 Å². The molecule has 2 rings (SSSR count). The number of rotatable bonds is 4. The van der Waals surface area contributed by atoms with E-state index in [0.717, 1.165) is 12.5 Å². The van der Waals surface area contributed by atoms with Crippen molar-refractivity contribution in [3.05, 3.63) is 29.8 Å². The highest BCUT2D eigenvalue weighted by Gasteiger charge is 2.31. The summed E-state index contributed by atoms with van der Waals surface area (Å²) >= 11 is 0. The van der Waals surface area contributed by atoms with E-state index in [-0.39, 0.29) is 0 Å². The summed E-state index contributed by atoms with van der Waals surface area (Å²) < 4.78 is 0. The van der Waals surface area contributed by atoms with Crippen LogP contribution in [0.2, 0.25) is 0 Å². The van der Waals surface area contributed by atoms with Gasteiger partial charge in [0.25, 0.3) is 0 Å². The molecule has 1 aliphatic rings. The maximum absolute atomic E-state index is 3.29. The molecule has 0 spiro atoms. The van der Waals surface area contributed by atoms with E-state index in [1.54, 1.807) is 0 Å². The molecule has 0 saturated heterocycles. The molecule has 1 aromatic carbocycles. The third kappa shape index (κ3) is 1.82. The first-order valence-electron chi connectivity index (χ1n) is 6.35. The first kappa shape index (κ1) is 11.5. The zero-order valence-corrected chi connectivity index (χ0v) is 10.5. The molecule has 2 heteroatoms. The van der Waals surface area contributed by atoms with Crippen LogP contribution in [-0.2, 0) is 0 Å². The van der Waals surface area contributed by atoms with Gasteiger partial charge < -0.3 is 5.01 Å². The van der Waals surface area contributed by atoms with Crippen molar-refractivity contribution in [2.75, 3.05) is 18.6 Å². The fourth-order valence-corrected chi connectivity index (χ4v) is 2.91. The van der Waals surface area contributed by atoms with Gasteiger partial charge in [-0.05, 0) is 17.5 Å². The fraction of sp³-hybridized carbons (Fsp3) is 0.571. The fourth-order valence-electron chi connectivity index (χ4n) is 2.91. The Kier molecular flexibility index (Phi) is 3.49. The van der Waals surface area contributed by atoms with Crippen molar-refractivity contribution in [2.24, 2.45) is 5.92 Å². The lowest BCUT2D eigenvalue weighted by Crippen LogP contribution is -2.34. The minimum Gasteiger partial charge on any atom is -0.308 e. The van der Waals surface area contributed by atoms with E-state index >= 15 is 0 Å². The monoisotopic (exact) mass is 218 g/mol. The predicted molar refractivity (Wildman–Crippen MR) is 69.7 cm³/mol. The van der Waals surface area contributed by atoms with Gasteiger partial charge in [-0.25, -0.2) is 5.43 Å². The van der Waals surface area contributed by atoms with Crippen LogP contribution in [0.1, 0.15) is 38.2 Å². The average molecular weight is 218 g/mol. The Morgan fingerprint density at radius 3 is 2.62 bits per heavy atom. The van der Waals surface area contributed by atoms with Gasteiger partial charge >= 0.3 is 0 Å². The van der Waals surface area contributed by atoms with E-state index in [4.69, 9.17) is 0 Å². The number of nitrogens with one attached hydrogen (secondary N) is 1. The number of benzene rings is 1. The zero-order valence-electron chi connectivity index (χ0n) is 10.5. The number of hydrogen-bond donors (Lipinski definition) is 1. The molecule has 16 heavy (non-hydrogen) atoms. The van der Waals surface area contributed by atoms with E-state index in [1.165, 1.54) is 24.1 Å². The van der Waals surface area contributed by atoms with Crippen molar-refractivity contribution in [1.82, 2.24) is 5.43 Å². The molecule has 1 unspecified atom stereocenters. The van der Waals surface area contributed by atoms with Crippen molar-refractivity contribution in [2.45, 2.75) is 32.6 Å². The van der Waals surface area contributed by atoms with Gasteiger partial charge in [0.05, 0.1) is 5.69 Å². The third-order valence-electron chi connectivity index (χ3n) is 3.89. The van der Waals surface area contributed by atoms with Crippen LogP contribution in [0.25, 0.3) is 0 Å². The second-order valence-electron chi connectivity index (χ2n) is 4.58. The predicted octanol–water partition coefficient (Wildman–Crippen LogP) is 3.16. The van der Waals surface area contributed by atoms with E-state index in [0.29, 0.717) is 5.92 Å². The molecule has 0 amide bonds. The molecule has 0 radical (unpaired) electrons. The van der Waals surface area contributed by atoms with Crippen LogP contribution >= 0.6 is 0 Å². The molecule has 1 atom stereocenters. The van der Waals surface area contributed by atoms with Crippen LogP contribution in [-0.4, -0.2) is 13.6 Å². The van der Waals surface area contributed by atoms with Crippen LogP contribution in [0.15, 0.2) is 24.3 Å². The van der Waals surface area contributed by atoms with Crippen LogP contribution in [0, 0.1) is 5.92 Å². The lowest BCUT2D eigenvalue weighted by atomic mass is 9.84. The second-order valence-corrected chi connectivity index (χ2v) is 4.58. The molecule has 0 aliphatic carbocycles. The maximum atomic E-state index is 3.29. The largest absolute Gasteiger partial charge is 0.308 e. The Balaban J connectivity index is 2.31. The van der Waals surface area contributed by atoms with E-state index < -0.39 is 0 Å². The molecule has 0 saturated carbocycles. The smallest absolute Gasteiger partial charge is 0.0555 e. The minimum absolute atomic E-state index is 0.693. The molecule has 2 nitrogen and oxygen atoms in total. The summed E-state index contributed by atoms with van der Waals surface area (Å²) in [7, 11) is 2.01. The van der Waals surface area contributed by atoms with Gasteiger partial charge in [-0.3, -0.25) is 0 Å². The van der Waals surface area contributed by atoms with Crippen LogP contribution < -0.4 is 10.4 Å². The summed E-state index contributed by atoms with van der Waals surface area (Å²) in [4.78, 5) is 0. The molecule has 1 heterocycles. The standard InChI is InChI=1S/C14H22N2/c1-4-11(5-2)13-10-16(15-3)14-9-7-6-8-12(13)14/h6-9,11,13,15H,4-5,10H2,1-3H3. The van der Waals surface area contributed by atoms with Crippen molar-refractivity contribution in [3.8, 4) is 0 Å². The number of anilines is 1. The summed E-state index contributed by atoms with van der Waals surface area (Å²) in [6.07, 6.45) is 2.54. The Bertz CT molecular complexity index is 344. The van der Waals surface area contributed by atoms with Gasteiger partial charge in [-0.2, -0.15) is 0 Å². The number of hydrogen-bond acceptors (Lipinski definition) is 2. The summed E-state index contributed by atoms with van der Waals surface area (Å²) in [5, 5.41) is 2.28.